The molecule has 4 rings (SSSR count). The number of carbonyl (C=O) groups excluding carboxylic acids is 2. The van der Waals surface area contributed by atoms with Crippen molar-refractivity contribution in [2.75, 3.05) is 44.2 Å². The fourth-order valence-corrected chi connectivity index (χ4v) is 4.74. The third-order valence-corrected chi connectivity index (χ3v) is 6.41. The fourth-order valence-electron chi connectivity index (χ4n) is 4.74. The standard InChI is InChI=1S/C21H30N4O2/c26-20(24-11-3-4-12-24)17-6-8-18(9-7-17)21(27)25-15-13-23(14-16-25)19-5-1-2-10-22-19/h1-2,5,10,17-18H,3-4,6-9,11-16H2. The molecule has 3 heterocycles. The number of hydrogen-bond acceptors (Lipinski definition) is 4. The largest absolute Gasteiger partial charge is 0.353 e. The second-order valence-corrected chi connectivity index (χ2v) is 8.08. The van der Waals surface area contributed by atoms with Crippen molar-refractivity contribution < 1.29 is 9.59 Å². The minimum absolute atomic E-state index is 0.106. The van der Waals surface area contributed by atoms with E-state index in [1.54, 1.807) is 0 Å². The summed E-state index contributed by atoms with van der Waals surface area (Å²) in [5.74, 6) is 1.87. The summed E-state index contributed by atoms with van der Waals surface area (Å²) in [7, 11) is 0. The molecule has 1 aliphatic carbocycles. The van der Waals surface area contributed by atoms with Crippen LogP contribution in [0.1, 0.15) is 38.5 Å². The van der Waals surface area contributed by atoms with Gasteiger partial charge >= 0.3 is 0 Å². The number of amides is 2. The van der Waals surface area contributed by atoms with E-state index in [1.165, 1.54) is 0 Å². The van der Waals surface area contributed by atoms with Crippen LogP contribution in [0, 0.1) is 11.8 Å². The molecule has 1 saturated carbocycles. The molecule has 2 aliphatic heterocycles. The van der Waals surface area contributed by atoms with Gasteiger partial charge in [-0.2, -0.15) is 0 Å². The highest BCUT2D eigenvalue weighted by molar-refractivity contribution is 5.81. The third-order valence-electron chi connectivity index (χ3n) is 6.41. The van der Waals surface area contributed by atoms with Gasteiger partial charge in [0.25, 0.3) is 0 Å². The van der Waals surface area contributed by atoms with Gasteiger partial charge in [-0.1, -0.05) is 6.07 Å². The minimum Gasteiger partial charge on any atom is -0.353 e. The Labute approximate surface area is 161 Å². The zero-order valence-corrected chi connectivity index (χ0v) is 16.1. The molecule has 0 bridgehead atoms. The molecule has 3 fully saturated rings. The van der Waals surface area contributed by atoms with Crippen LogP contribution >= 0.6 is 0 Å². The van der Waals surface area contributed by atoms with E-state index in [4.69, 9.17) is 0 Å². The Bertz CT molecular complexity index is 643. The number of nitrogens with zero attached hydrogens (tertiary/aromatic N) is 4. The lowest BCUT2D eigenvalue weighted by Gasteiger charge is -2.38. The molecular formula is C21H30N4O2. The molecular weight excluding hydrogens is 340 g/mol. The third kappa shape index (κ3) is 4.09. The second kappa shape index (κ2) is 8.28. The maximum absolute atomic E-state index is 12.9. The van der Waals surface area contributed by atoms with Crippen LogP contribution in [0.4, 0.5) is 5.82 Å². The topological polar surface area (TPSA) is 56.8 Å². The van der Waals surface area contributed by atoms with E-state index in [1.807, 2.05) is 34.2 Å². The smallest absolute Gasteiger partial charge is 0.225 e. The predicted molar refractivity (Wildman–Crippen MR) is 104 cm³/mol. The van der Waals surface area contributed by atoms with Gasteiger partial charge in [-0.15, -0.1) is 0 Å². The second-order valence-electron chi connectivity index (χ2n) is 8.08. The molecule has 2 saturated heterocycles. The first-order valence-electron chi connectivity index (χ1n) is 10.5. The number of carbonyl (C=O) groups is 2. The van der Waals surface area contributed by atoms with E-state index < -0.39 is 0 Å². The molecule has 2 amide bonds. The Hall–Kier alpha value is -2.11. The Morgan fingerprint density at radius 1 is 0.778 bits per heavy atom. The Morgan fingerprint density at radius 3 is 1.85 bits per heavy atom. The van der Waals surface area contributed by atoms with E-state index in [-0.39, 0.29) is 11.8 Å². The summed E-state index contributed by atoms with van der Waals surface area (Å²) in [6, 6.07) is 5.95. The first-order chi connectivity index (χ1) is 13.2. The lowest BCUT2D eigenvalue weighted by atomic mass is 9.80. The van der Waals surface area contributed by atoms with E-state index in [0.717, 1.165) is 83.6 Å². The van der Waals surface area contributed by atoms with Gasteiger partial charge in [0.15, 0.2) is 0 Å². The van der Waals surface area contributed by atoms with Crippen molar-refractivity contribution in [3.63, 3.8) is 0 Å². The fraction of sp³-hybridized carbons (Fsp3) is 0.667. The summed E-state index contributed by atoms with van der Waals surface area (Å²) in [4.78, 5) is 36.2. The normalized spacial score (nSPS) is 26.3. The maximum Gasteiger partial charge on any atom is 0.225 e. The van der Waals surface area contributed by atoms with Crippen LogP contribution in [0.15, 0.2) is 24.4 Å². The van der Waals surface area contributed by atoms with Crippen molar-refractivity contribution in [1.82, 2.24) is 14.8 Å². The number of rotatable bonds is 3. The molecule has 0 unspecified atom stereocenters. The quantitative estimate of drug-likeness (QED) is 0.818. The Morgan fingerprint density at radius 2 is 1.33 bits per heavy atom. The van der Waals surface area contributed by atoms with Crippen LogP contribution < -0.4 is 4.90 Å². The molecule has 6 nitrogen and oxygen atoms in total. The molecule has 0 radical (unpaired) electrons. The summed E-state index contributed by atoms with van der Waals surface area (Å²) >= 11 is 0. The number of likely N-dealkylation sites (tertiary alicyclic amines) is 1. The molecule has 0 aromatic carbocycles. The van der Waals surface area contributed by atoms with Gasteiger partial charge in [0, 0.05) is 57.3 Å². The van der Waals surface area contributed by atoms with Crippen molar-refractivity contribution in [2.45, 2.75) is 38.5 Å². The number of piperazine rings is 1. The van der Waals surface area contributed by atoms with Crippen LogP contribution in [0.3, 0.4) is 0 Å². The van der Waals surface area contributed by atoms with Gasteiger partial charge in [-0.3, -0.25) is 9.59 Å². The van der Waals surface area contributed by atoms with Crippen LogP contribution in [0.2, 0.25) is 0 Å². The molecule has 146 valence electrons. The zero-order chi connectivity index (χ0) is 18.6. The molecule has 1 aromatic heterocycles. The Kier molecular flexibility index (Phi) is 5.60. The van der Waals surface area contributed by atoms with Gasteiger partial charge in [-0.25, -0.2) is 4.98 Å². The minimum atomic E-state index is 0.106. The monoisotopic (exact) mass is 370 g/mol. The number of pyridine rings is 1. The SMILES string of the molecule is O=C(C1CCC(C(=O)N2CCN(c3ccccn3)CC2)CC1)N1CCCC1. The molecule has 3 aliphatic rings. The van der Waals surface area contributed by atoms with Crippen molar-refractivity contribution in [2.24, 2.45) is 11.8 Å². The van der Waals surface area contributed by atoms with Gasteiger partial charge in [0.2, 0.25) is 11.8 Å². The van der Waals surface area contributed by atoms with Crippen LogP contribution in [0.5, 0.6) is 0 Å². The average Bonchev–Trinajstić information content (AvgIpc) is 3.28. The number of hydrogen-bond donors (Lipinski definition) is 0. The van der Waals surface area contributed by atoms with Crippen LogP contribution in [0.25, 0.3) is 0 Å². The van der Waals surface area contributed by atoms with Gasteiger partial charge in [0.05, 0.1) is 0 Å². The molecule has 0 atom stereocenters. The maximum atomic E-state index is 12.9. The first-order valence-corrected chi connectivity index (χ1v) is 10.5. The molecule has 1 aromatic rings. The molecule has 27 heavy (non-hydrogen) atoms. The number of aromatic nitrogens is 1. The van der Waals surface area contributed by atoms with Crippen molar-refractivity contribution in [3.8, 4) is 0 Å². The summed E-state index contributed by atoms with van der Waals surface area (Å²) in [5.41, 5.74) is 0. The average molecular weight is 370 g/mol. The van der Waals surface area contributed by atoms with Gasteiger partial charge in [-0.05, 0) is 50.7 Å². The van der Waals surface area contributed by atoms with Crippen molar-refractivity contribution in [1.29, 1.82) is 0 Å². The van der Waals surface area contributed by atoms with Crippen LogP contribution in [-0.2, 0) is 9.59 Å². The Balaban J connectivity index is 1.24. The highest BCUT2D eigenvalue weighted by atomic mass is 16.2. The summed E-state index contributed by atoms with van der Waals surface area (Å²) in [6.07, 6.45) is 7.58. The highest BCUT2D eigenvalue weighted by Gasteiger charge is 2.35. The van der Waals surface area contributed by atoms with Crippen LogP contribution in [-0.4, -0.2) is 65.9 Å². The zero-order valence-electron chi connectivity index (χ0n) is 16.1. The van der Waals surface area contributed by atoms with E-state index >= 15 is 0 Å². The number of anilines is 1. The lowest BCUT2D eigenvalue weighted by molar-refractivity contribution is -0.141. The van der Waals surface area contributed by atoms with Gasteiger partial charge < -0.3 is 14.7 Å². The lowest BCUT2D eigenvalue weighted by Crippen LogP contribution is -2.51. The molecule has 0 spiro atoms. The predicted octanol–water partition coefficient (Wildman–Crippen LogP) is 2.16. The van der Waals surface area contributed by atoms with E-state index in [2.05, 4.69) is 9.88 Å². The van der Waals surface area contributed by atoms with Crippen molar-refractivity contribution >= 4 is 17.6 Å². The first kappa shape index (κ1) is 18.3. The molecule has 0 N–H and O–H groups in total. The van der Waals surface area contributed by atoms with E-state index in [0.29, 0.717) is 11.8 Å². The van der Waals surface area contributed by atoms with E-state index in [9.17, 15) is 9.59 Å². The van der Waals surface area contributed by atoms with Crippen molar-refractivity contribution in [3.05, 3.63) is 24.4 Å². The summed E-state index contributed by atoms with van der Waals surface area (Å²) in [6.45, 7) is 5.07. The molecule has 6 heteroatoms. The highest BCUT2D eigenvalue weighted by Crippen LogP contribution is 2.32. The summed E-state index contributed by atoms with van der Waals surface area (Å²) < 4.78 is 0. The van der Waals surface area contributed by atoms with Gasteiger partial charge in [0.1, 0.15) is 5.82 Å². The summed E-state index contributed by atoms with van der Waals surface area (Å²) in [5, 5.41) is 0.